The molecule has 0 unspecified atom stereocenters. The van der Waals surface area contributed by atoms with Crippen LogP contribution in [-0.2, 0) is 17.6 Å². The monoisotopic (exact) mass is 244 g/mol. The molecule has 2 aliphatic rings. The van der Waals surface area contributed by atoms with Crippen LogP contribution >= 0.6 is 0 Å². The van der Waals surface area contributed by atoms with Gasteiger partial charge in [-0.25, -0.2) is 0 Å². The van der Waals surface area contributed by atoms with Gasteiger partial charge in [0.2, 0.25) is 5.91 Å². The summed E-state index contributed by atoms with van der Waals surface area (Å²) in [7, 11) is 0. The van der Waals surface area contributed by atoms with Crippen LogP contribution in [-0.4, -0.2) is 30.4 Å². The molecular formula is C15H20N2O. The zero-order chi connectivity index (χ0) is 12.4. The number of carbonyl (C=O) groups excluding carboxylic acids is 1. The maximum absolute atomic E-state index is 11.9. The molecule has 0 saturated carbocycles. The number of amides is 1. The van der Waals surface area contributed by atoms with E-state index in [2.05, 4.69) is 23.5 Å². The molecule has 96 valence electrons. The zero-order valence-electron chi connectivity index (χ0n) is 10.7. The standard InChI is InChI=1S/C15H20N2O/c18-15(17-8-1-2-9-17)11-16-14-7-6-12-4-3-5-13(12)10-14/h6-7,10,16H,1-5,8-9,11H2. The van der Waals surface area contributed by atoms with Gasteiger partial charge in [-0.05, 0) is 55.4 Å². The number of fused-ring (bicyclic) bond motifs is 1. The highest BCUT2D eigenvalue weighted by atomic mass is 16.2. The van der Waals surface area contributed by atoms with Gasteiger partial charge in [0, 0.05) is 18.8 Å². The second-order valence-corrected chi connectivity index (χ2v) is 5.28. The molecule has 1 aliphatic heterocycles. The Kier molecular flexibility index (Phi) is 3.22. The summed E-state index contributed by atoms with van der Waals surface area (Å²) in [6.45, 7) is 2.30. The Morgan fingerprint density at radius 1 is 1.11 bits per heavy atom. The molecule has 0 bridgehead atoms. The van der Waals surface area contributed by atoms with Crippen LogP contribution in [0.1, 0.15) is 30.4 Å². The largest absolute Gasteiger partial charge is 0.376 e. The second-order valence-electron chi connectivity index (χ2n) is 5.28. The van der Waals surface area contributed by atoms with Gasteiger partial charge in [-0.1, -0.05) is 6.07 Å². The molecular weight excluding hydrogens is 224 g/mol. The molecule has 18 heavy (non-hydrogen) atoms. The van der Waals surface area contributed by atoms with Gasteiger partial charge in [0.25, 0.3) is 0 Å². The Morgan fingerprint density at radius 2 is 1.89 bits per heavy atom. The van der Waals surface area contributed by atoms with Crippen molar-refractivity contribution in [2.45, 2.75) is 32.1 Å². The molecule has 1 amide bonds. The molecule has 1 aliphatic carbocycles. The van der Waals surface area contributed by atoms with Crippen molar-refractivity contribution in [1.29, 1.82) is 0 Å². The highest BCUT2D eigenvalue weighted by Crippen LogP contribution is 2.24. The average Bonchev–Trinajstić information content (AvgIpc) is 3.05. The third-order valence-electron chi connectivity index (χ3n) is 4.00. The normalized spacial score (nSPS) is 17.9. The van der Waals surface area contributed by atoms with Crippen LogP contribution in [0.15, 0.2) is 18.2 Å². The van der Waals surface area contributed by atoms with E-state index in [0.717, 1.165) is 31.6 Å². The van der Waals surface area contributed by atoms with Crippen LogP contribution in [0.5, 0.6) is 0 Å². The summed E-state index contributed by atoms with van der Waals surface area (Å²) in [6, 6.07) is 6.51. The Balaban J connectivity index is 1.58. The van der Waals surface area contributed by atoms with Crippen molar-refractivity contribution in [3.63, 3.8) is 0 Å². The van der Waals surface area contributed by atoms with Gasteiger partial charge in [0.05, 0.1) is 6.54 Å². The van der Waals surface area contributed by atoms with Gasteiger partial charge in [-0.3, -0.25) is 4.79 Å². The number of hydrogen-bond acceptors (Lipinski definition) is 2. The summed E-state index contributed by atoms with van der Waals surface area (Å²) < 4.78 is 0. The van der Waals surface area contributed by atoms with E-state index in [1.165, 1.54) is 30.4 Å². The fourth-order valence-electron chi connectivity index (χ4n) is 2.94. The maximum atomic E-state index is 11.9. The first-order valence-corrected chi connectivity index (χ1v) is 6.96. The SMILES string of the molecule is O=C(CNc1ccc2c(c1)CCC2)N1CCCC1. The smallest absolute Gasteiger partial charge is 0.241 e. The van der Waals surface area contributed by atoms with Crippen LogP contribution in [0.25, 0.3) is 0 Å². The van der Waals surface area contributed by atoms with E-state index in [-0.39, 0.29) is 5.91 Å². The molecule has 3 nitrogen and oxygen atoms in total. The van der Waals surface area contributed by atoms with Crippen LogP contribution in [0.3, 0.4) is 0 Å². The first-order valence-electron chi connectivity index (χ1n) is 6.96. The first kappa shape index (κ1) is 11.6. The van der Waals surface area contributed by atoms with Gasteiger partial charge in [0.1, 0.15) is 0 Å². The third kappa shape index (κ3) is 2.35. The quantitative estimate of drug-likeness (QED) is 0.884. The van der Waals surface area contributed by atoms with Crippen molar-refractivity contribution in [2.24, 2.45) is 0 Å². The van der Waals surface area contributed by atoms with Crippen molar-refractivity contribution in [3.05, 3.63) is 29.3 Å². The van der Waals surface area contributed by atoms with Gasteiger partial charge < -0.3 is 10.2 Å². The topological polar surface area (TPSA) is 32.3 Å². The van der Waals surface area contributed by atoms with Crippen LogP contribution in [0.4, 0.5) is 5.69 Å². The minimum atomic E-state index is 0.230. The number of nitrogens with one attached hydrogen (secondary N) is 1. The van der Waals surface area contributed by atoms with Gasteiger partial charge in [0.15, 0.2) is 0 Å². The molecule has 1 saturated heterocycles. The summed E-state index contributed by atoms with van der Waals surface area (Å²) in [6.07, 6.45) is 5.98. The molecule has 0 aromatic heterocycles. The van der Waals surface area contributed by atoms with Crippen LogP contribution in [0, 0.1) is 0 Å². The van der Waals surface area contributed by atoms with E-state index in [4.69, 9.17) is 0 Å². The predicted molar refractivity (Wildman–Crippen MR) is 72.8 cm³/mol. The first-order chi connectivity index (χ1) is 8.83. The molecule has 1 aromatic carbocycles. The number of aryl methyl sites for hydroxylation is 2. The molecule has 1 heterocycles. The molecule has 0 radical (unpaired) electrons. The van der Waals surface area contributed by atoms with E-state index < -0.39 is 0 Å². The lowest BCUT2D eigenvalue weighted by Crippen LogP contribution is -2.32. The lowest BCUT2D eigenvalue weighted by Gasteiger charge is -2.16. The van der Waals surface area contributed by atoms with E-state index in [1.54, 1.807) is 0 Å². The van der Waals surface area contributed by atoms with Crippen molar-refractivity contribution in [1.82, 2.24) is 4.90 Å². The molecule has 1 fully saturated rings. The number of nitrogens with zero attached hydrogens (tertiary/aromatic N) is 1. The minimum Gasteiger partial charge on any atom is -0.376 e. The van der Waals surface area contributed by atoms with Crippen molar-refractivity contribution in [3.8, 4) is 0 Å². The lowest BCUT2D eigenvalue weighted by molar-refractivity contribution is -0.128. The van der Waals surface area contributed by atoms with E-state index >= 15 is 0 Å². The minimum absolute atomic E-state index is 0.230. The Morgan fingerprint density at radius 3 is 2.72 bits per heavy atom. The van der Waals surface area contributed by atoms with Crippen molar-refractivity contribution in [2.75, 3.05) is 25.0 Å². The number of hydrogen-bond donors (Lipinski definition) is 1. The summed E-state index contributed by atoms with van der Waals surface area (Å²) in [5.41, 5.74) is 4.02. The Bertz CT molecular complexity index is 450. The number of carbonyl (C=O) groups is 1. The van der Waals surface area contributed by atoms with E-state index in [0.29, 0.717) is 6.54 Å². The number of benzene rings is 1. The molecule has 3 rings (SSSR count). The Labute approximate surface area is 108 Å². The number of rotatable bonds is 3. The molecule has 1 N–H and O–H groups in total. The number of anilines is 1. The van der Waals surface area contributed by atoms with E-state index in [1.807, 2.05) is 4.90 Å². The average molecular weight is 244 g/mol. The Hall–Kier alpha value is -1.51. The van der Waals surface area contributed by atoms with Crippen molar-refractivity contribution < 1.29 is 4.79 Å². The molecule has 3 heteroatoms. The second kappa shape index (κ2) is 5.01. The molecule has 0 spiro atoms. The number of likely N-dealkylation sites (tertiary alicyclic amines) is 1. The molecule has 1 aromatic rings. The fourth-order valence-corrected chi connectivity index (χ4v) is 2.94. The molecule has 0 atom stereocenters. The summed E-state index contributed by atoms with van der Waals surface area (Å²) in [5.74, 6) is 0.230. The fraction of sp³-hybridized carbons (Fsp3) is 0.533. The maximum Gasteiger partial charge on any atom is 0.241 e. The highest BCUT2D eigenvalue weighted by molar-refractivity contribution is 5.81. The van der Waals surface area contributed by atoms with E-state index in [9.17, 15) is 4.79 Å². The predicted octanol–water partition coefficient (Wildman–Crippen LogP) is 2.21. The summed E-state index contributed by atoms with van der Waals surface area (Å²) in [5, 5.41) is 3.26. The van der Waals surface area contributed by atoms with Gasteiger partial charge in [-0.2, -0.15) is 0 Å². The van der Waals surface area contributed by atoms with Crippen LogP contribution in [0.2, 0.25) is 0 Å². The third-order valence-corrected chi connectivity index (χ3v) is 4.00. The van der Waals surface area contributed by atoms with Gasteiger partial charge >= 0.3 is 0 Å². The summed E-state index contributed by atoms with van der Waals surface area (Å²) >= 11 is 0. The van der Waals surface area contributed by atoms with Gasteiger partial charge in [-0.15, -0.1) is 0 Å². The summed E-state index contributed by atoms with van der Waals surface area (Å²) in [4.78, 5) is 13.9. The highest BCUT2D eigenvalue weighted by Gasteiger charge is 2.17. The lowest BCUT2D eigenvalue weighted by atomic mass is 10.1. The van der Waals surface area contributed by atoms with Crippen LogP contribution < -0.4 is 5.32 Å². The van der Waals surface area contributed by atoms with Crippen molar-refractivity contribution >= 4 is 11.6 Å². The zero-order valence-corrected chi connectivity index (χ0v) is 10.7.